The van der Waals surface area contributed by atoms with E-state index in [1.54, 1.807) is 12.2 Å². The van der Waals surface area contributed by atoms with Crippen LogP contribution < -0.4 is 5.73 Å². The Morgan fingerprint density at radius 1 is 1.11 bits per heavy atom. The van der Waals surface area contributed by atoms with E-state index in [0.29, 0.717) is 6.42 Å². The Hall–Kier alpha value is -2.07. The van der Waals surface area contributed by atoms with Crippen LogP contribution in [-0.2, 0) is 16.4 Å². The number of sulfonamides is 1. The van der Waals surface area contributed by atoms with Crippen LogP contribution in [0.5, 0.6) is 0 Å². The van der Waals surface area contributed by atoms with Gasteiger partial charge in [0.1, 0.15) is 0 Å². The van der Waals surface area contributed by atoms with Crippen molar-refractivity contribution in [2.75, 3.05) is 19.6 Å². The third-order valence-corrected chi connectivity index (χ3v) is 6.30. The number of hydrogen-bond acceptors (Lipinski definition) is 5. The summed E-state index contributed by atoms with van der Waals surface area (Å²) in [5.41, 5.74) is 5.96. The summed E-state index contributed by atoms with van der Waals surface area (Å²) < 4.78 is 28.3. The Kier molecular flexibility index (Phi) is 7.66. The molecule has 144 valence electrons. The SMILES string of the molecule is NC/C=C\CN(CCc1ccc(Br)cc1)S(=O)(=O)c1ccccc1[N+](=O)[O-]. The number of benzene rings is 2. The molecule has 0 radical (unpaired) electrons. The van der Waals surface area contributed by atoms with E-state index in [0.717, 1.165) is 10.0 Å². The van der Waals surface area contributed by atoms with Crippen LogP contribution in [0.2, 0.25) is 0 Å². The van der Waals surface area contributed by atoms with E-state index < -0.39 is 20.6 Å². The van der Waals surface area contributed by atoms with Crippen molar-refractivity contribution in [2.45, 2.75) is 11.3 Å². The molecule has 2 N–H and O–H groups in total. The standard InChI is InChI=1S/C18H20BrN3O4S/c19-16-9-7-15(8-10-16)11-14-21(13-4-3-12-20)27(25,26)18-6-2-1-5-17(18)22(23)24/h1-10H,11-14,20H2/b4-3-. The van der Waals surface area contributed by atoms with Crippen molar-refractivity contribution in [3.8, 4) is 0 Å². The molecule has 7 nitrogen and oxygen atoms in total. The molecule has 0 saturated carbocycles. The lowest BCUT2D eigenvalue weighted by Crippen LogP contribution is -2.33. The molecule has 9 heteroatoms. The Morgan fingerprint density at radius 3 is 2.41 bits per heavy atom. The molecular weight excluding hydrogens is 434 g/mol. The fourth-order valence-corrected chi connectivity index (χ4v) is 4.28. The molecule has 0 bridgehead atoms. The van der Waals surface area contributed by atoms with Gasteiger partial charge in [-0.15, -0.1) is 0 Å². The minimum absolute atomic E-state index is 0.0854. The van der Waals surface area contributed by atoms with Gasteiger partial charge in [-0.05, 0) is 30.2 Å². The van der Waals surface area contributed by atoms with E-state index in [4.69, 9.17) is 5.73 Å². The lowest BCUT2D eigenvalue weighted by atomic mass is 10.1. The number of rotatable bonds is 9. The van der Waals surface area contributed by atoms with Crippen LogP contribution in [0.25, 0.3) is 0 Å². The van der Waals surface area contributed by atoms with Crippen LogP contribution in [0.15, 0.2) is 70.1 Å². The molecule has 2 rings (SSSR count). The maximum atomic E-state index is 13.1. The van der Waals surface area contributed by atoms with Gasteiger partial charge in [-0.2, -0.15) is 4.31 Å². The first kappa shape index (κ1) is 21.2. The molecule has 0 unspecified atom stereocenters. The lowest BCUT2D eigenvalue weighted by Gasteiger charge is -2.21. The number of nitrogens with zero attached hydrogens (tertiary/aromatic N) is 2. The largest absolute Gasteiger partial charge is 0.327 e. The molecule has 0 atom stereocenters. The average molecular weight is 454 g/mol. The number of nitrogens with two attached hydrogens (primary N) is 1. The summed E-state index contributed by atoms with van der Waals surface area (Å²) in [7, 11) is -4.05. The topological polar surface area (TPSA) is 107 Å². The molecule has 0 amide bonds. The quantitative estimate of drug-likeness (QED) is 0.356. The summed E-state index contributed by atoms with van der Waals surface area (Å²) in [6.07, 6.45) is 3.78. The van der Waals surface area contributed by atoms with Gasteiger partial charge in [0.05, 0.1) is 4.92 Å². The van der Waals surface area contributed by atoms with E-state index in [1.165, 1.54) is 28.6 Å². The monoisotopic (exact) mass is 453 g/mol. The van der Waals surface area contributed by atoms with Gasteiger partial charge < -0.3 is 5.73 Å². The van der Waals surface area contributed by atoms with Crippen molar-refractivity contribution >= 4 is 31.6 Å². The zero-order chi connectivity index (χ0) is 19.9. The van der Waals surface area contributed by atoms with E-state index in [-0.39, 0.29) is 24.5 Å². The molecule has 0 heterocycles. The molecule has 2 aromatic rings. The predicted molar refractivity (Wildman–Crippen MR) is 108 cm³/mol. The van der Waals surface area contributed by atoms with Crippen LogP contribution in [0, 0.1) is 10.1 Å². The molecule has 0 aliphatic heterocycles. The second-order valence-electron chi connectivity index (χ2n) is 5.67. The number of halogens is 1. The van der Waals surface area contributed by atoms with Gasteiger partial charge in [0, 0.05) is 30.2 Å². The maximum absolute atomic E-state index is 13.1. The zero-order valence-corrected chi connectivity index (χ0v) is 16.9. The molecule has 0 saturated heterocycles. The molecule has 0 fully saturated rings. The van der Waals surface area contributed by atoms with Crippen molar-refractivity contribution in [3.05, 3.63) is 80.8 Å². The number of hydrogen-bond donors (Lipinski definition) is 1. The van der Waals surface area contributed by atoms with Crippen LogP contribution in [-0.4, -0.2) is 37.3 Å². The van der Waals surface area contributed by atoms with Crippen molar-refractivity contribution in [1.29, 1.82) is 0 Å². The second kappa shape index (κ2) is 9.75. The van der Waals surface area contributed by atoms with E-state index in [2.05, 4.69) is 15.9 Å². The van der Waals surface area contributed by atoms with Gasteiger partial charge in [-0.3, -0.25) is 10.1 Å². The molecule has 0 spiro atoms. The van der Waals surface area contributed by atoms with Crippen molar-refractivity contribution < 1.29 is 13.3 Å². The first-order chi connectivity index (χ1) is 12.9. The van der Waals surface area contributed by atoms with Gasteiger partial charge in [-0.25, -0.2) is 8.42 Å². The Labute approximate surface area is 166 Å². The smallest absolute Gasteiger partial charge is 0.289 e. The highest BCUT2D eigenvalue weighted by molar-refractivity contribution is 9.10. The minimum atomic E-state index is -4.05. The molecular formula is C18H20BrN3O4S. The van der Waals surface area contributed by atoms with E-state index >= 15 is 0 Å². The zero-order valence-electron chi connectivity index (χ0n) is 14.5. The summed E-state index contributed by atoms with van der Waals surface area (Å²) in [4.78, 5) is 10.3. The number of nitro benzene ring substituents is 1. The van der Waals surface area contributed by atoms with Crippen LogP contribution in [0.4, 0.5) is 5.69 Å². The van der Waals surface area contributed by atoms with Crippen LogP contribution in [0.1, 0.15) is 5.56 Å². The normalized spacial score (nSPS) is 12.0. The van der Waals surface area contributed by atoms with Gasteiger partial charge in [0.15, 0.2) is 4.90 Å². The first-order valence-electron chi connectivity index (χ1n) is 8.19. The van der Waals surface area contributed by atoms with Gasteiger partial charge in [0.2, 0.25) is 10.0 Å². The highest BCUT2D eigenvalue weighted by Gasteiger charge is 2.30. The fourth-order valence-electron chi connectivity index (χ4n) is 2.47. The fraction of sp³-hybridized carbons (Fsp3) is 0.222. The Bertz CT molecular complexity index is 914. The first-order valence-corrected chi connectivity index (χ1v) is 10.4. The summed E-state index contributed by atoms with van der Waals surface area (Å²) in [5, 5.41) is 11.3. The van der Waals surface area contributed by atoms with Gasteiger partial charge >= 0.3 is 0 Å². The van der Waals surface area contributed by atoms with Gasteiger partial charge in [-0.1, -0.05) is 52.3 Å². The van der Waals surface area contributed by atoms with Crippen molar-refractivity contribution in [3.63, 3.8) is 0 Å². The predicted octanol–water partition coefficient (Wildman–Crippen LogP) is 3.11. The van der Waals surface area contributed by atoms with E-state index in [9.17, 15) is 18.5 Å². The Morgan fingerprint density at radius 2 is 1.78 bits per heavy atom. The molecule has 2 aromatic carbocycles. The van der Waals surface area contributed by atoms with Crippen molar-refractivity contribution in [1.82, 2.24) is 4.31 Å². The molecule has 0 aromatic heterocycles. The average Bonchev–Trinajstić information content (AvgIpc) is 2.65. The molecule has 0 aliphatic carbocycles. The van der Waals surface area contributed by atoms with Gasteiger partial charge in [0.25, 0.3) is 5.69 Å². The number of nitro groups is 1. The highest BCUT2D eigenvalue weighted by Crippen LogP contribution is 2.26. The minimum Gasteiger partial charge on any atom is -0.327 e. The Balaban J connectivity index is 2.32. The number of para-hydroxylation sites is 1. The third-order valence-electron chi connectivity index (χ3n) is 3.85. The van der Waals surface area contributed by atoms with Crippen LogP contribution in [0.3, 0.4) is 0 Å². The highest BCUT2D eigenvalue weighted by atomic mass is 79.9. The van der Waals surface area contributed by atoms with Crippen molar-refractivity contribution in [2.24, 2.45) is 5.73 Å². The van der Waals surface area contributed by atoms with E-state index in [1.807, 2.05) is 24.3 Å². The lowest BCUT2D eigenvalue weighted by molar-refractivity contribution is -0.387. The van der Waals surface area contributed by atoms with Crippen LogP contribution >= 0.6 is 15.9 Å². The maximum Gasteiger partial charge on any atom is 0.289 e. The summed E-state index contributed by atoms with van der Waals surface area (Å²) in [6.45, 7) is 0.555. The summed E-state index contributed by atoms with van der Waals surface area (Å²) in [5.74, 6) is 0. The summed E-state index contributed by atoms with van der Waals surface area (Å²) in [6, 6.07) is 12.9. The third kappa shape index (κ3) is 5.70. The molecule has 27 heavy (non-hydrogen) atoms. The second-order valence-corrected chi connectivity index (χ2v) is 8.49. The molecule has 0 aliphatic rings. The summed E-state index contributed by atoms with van der Waals surface area (Å²) >= 11 is 3.36.